The first-order chi connectivity index (χ1) is 9.84. The standard InChI is InChI=1S/C16H21N3OS/c1-10-6-5-7-12-13(10)18-15(21-12)19-8-11(9-19)17-14(20)16(2,3)4/h5-7,11H,8-9H2,1-4H3,(H,17,20). The van der Waals surface area contributed by atoms with Crippen molar-refractivity contribution in [3.8, 4) is 0 Å². The van der Waals surface area contributed by atoms with E-state index in [9.17, 15) is 4.79 Å². The van der Waals surface area contributed by atoms with Crippen LogP contribution in [0, 0.1) is 12.3 Å². The summed E-state index contributed by atoms with van der Waals surface area (Å²) in [4.78, 5) is 18.9. The summed E-state index contributed by atoms with van der Waals surface area (Å²) in [6.07, 6.45) is 0. The van der Waals surface area contributed by atoms with Crippen LogP contribution in [0.4, 0.5) is 5.13 Å². The normalized spacial score (nSPS) is 16.1. The van der Waals surface area contributed by atoms with Gasteiger partial charge in [-0.1, -0.05) is 44.2 Å². The maximum Gasteiger partial charge on any atom is 0.225 e. The molecule has 1 amide bonds. The maximum absolute atomic E-state index is 12.0. The number of thiazole rings is 1. The van der Waals surface area contributed by atoms with Crippen LogP contribution in [0.15, 0.2) is 18.2 Å². The molecule has 1 saturated heterocycles. The molecule has 4 nitrogen and oxygen atoms in total. The summed E-state index contributed by atoms with van der Waals surface area (Å²) in [6, 6.07) is 6.52. The molecule has 1 aromatic heterocycles. The number of fused-ring (bicyclic) bond motifs is 1. The predicted molar refractivity (Wildman–Crippen MR) is 88.0 cm³/mol. The van der Waals surface area contributed by atoms with Crippen molar-refractivity contribution in [2.45, 2.75) is 33.7 Å². The predicted octanol–water partition coefficient (Wildman–Crippen LogP) is 2.96. The zero-order valence-electron chi connectivity index (χ0n) is 12.9. The number of nitrogens with zero attached hydrogens (tertiary/aromatic N) is 2. The van der Waals surface area contributed by atoms with E-state index in [2.05, 4.69) is 35.3 Å². The number of para-hydroxylation sites is 1. The Hall–Kier alpha value is -1.62. The van der Waals surface area contributed by atoms with E-state index in [0.29, 0.717) is 0 Å². The molecule has 0 atom stereocenters. The number of amides is 1. The lowest BCUT2D eigenvalue weighted by molar-refractivity contribution is -0.129. The van der Waals surface area contributed by atoms with Gasteiger partial charge < -0.3 is 10.2 Å². The molecule has 2 aromatic rings. The number of hydrogen-bond acceptors (Lipinski definition) is 4. The first-order valence-electron chi connectivity index (χ1n) is 7.26. The molecular weight excluding hydrogens is 282 g/mol. The number of aromatic nitrogens is 1. The Morgan fingerprint density at radius 3 is 2.71 bits per heavy atom. The summed E-state index contributed by atoms with van der Waals surface area (Å²) in [5, 5.41) is 4.15. The Balaban J connectivity index is 1.65. The first-order valence-corrected chi connectivity index (χ1v) is 8.08. The first kappa shape index (κ1) is 14.3. The van der Waals surface area contributed by atoms with Crippen LogP contribution < -0.4 is 10.2 Å². The minimum absolute atomic E-state index is 0.118. The highest BCUT2D eigenvalue weighted by Gasteiger charge is 2.33. The molecular formula is C16H21N3OS. The molecule has 0 radical (unpaired) electrons. The number of nitrogens with one attached hydrogen (secondary N) is 1. The topological polar surface area (TPSA) is 45.2 Å². The summed E-state index contributed by atoms with van der Waals surface area (Å²) in [5.74, 6) is 0.118. The van der Waals surface area contributed by atoms with Crippen molar-refractivity contribution >= 4 is 32.6 Å². The van der Waals surface area contributed by atoms with Crippen molar-refractivity contribution < 1.29 is 4.79 Å². The van der Waals surface area contributed by atoms with Gasteiger partial charge in [-0.3, -0.25) is 4.79 Å². The molecule has 0 aliphatic carbocycles. The fraction of sp³-hybridized carbons (Fsp3) is 0.500. The van der Waals surface area contributed by atoms with E-state index in [-0.39, 0.29) is 17.4 Å². The van der Waals surface area contributed by atoms with Gasteiger partial charge in [-0.05, 0) is 18.6 Å². The smallest absolute Gasteiger partial charge is 0.225 e. The number of carbonyl (C=O) groups excluding carboxylic acids is 1. The van der Waals surface area contributed by atoms with Gasteiger partial charge in [-0.2, -0.15) is 0 Å². The Labute approximate surface area is 129 Å². The number of aryl methyl sites for hydroxylation is 1. The lowest BCUT2D eigenvalue weighted by atomic mass is 9.94. The fourth-order valence-corrected chi connectivity index (χ4v) is 3.40. The van der Waals surface area contributed by atoms with Crippen LogP contribution in [0.3, 0.4) is 0 Å². The average Bonchev–Trinajstić information content (AvgIpc) is 2.76. The summed E-state index contributed by atoms with van der Waals surface area (Å²) < 4.78 is 1.23. The molecule has 1 aromatic carbocycles. The molecule has 2 heterocycles. The van der Waals surface area contributed by atoms with Crippen LogP contribution in [0.2, 0.25) is 0 Å². The summed E-state index contributed by atoms with van der Waals surface area (Å²) in [6.45, 7) is 9.61. The second kappa shape index (κ2) is 4.98. The van der Waals surface area contributed by atoms with Gasteiger partial charge in [0.25, 0.3) is 0 Å². The Morgan fingerprint density at radius 2 is 2.10 bits per heavy atom. The summed E-state index contributed by atoms with van der Waals surface area (Å²) in [7, 11) is 0. The van der Waals surface area contributed by atoms with Gasteiger partial charge in [0.1, 0.15) is 0 Å². The number of carbonyl (C=O) groups is 1. The van der Waals surface area contributed by atoms with E-state index in [1.165, 1.54) is 10.3 Å². The van der Waals surface area contributed by atoms with Gasteiger partial charge in [0.05, 0.1) is 16.3 Å². The second-order valence-electron chi connectivity index (χ2n) is 6.74. The molecule has 0 spiro atoms. The molecule has 0 saturated carbocycles. The van der Waals surface area contributed by atoms with Gasteiger partial charge in [0, 0.05) is 18.5 Å². The highest BCUT2D eigenvalue weighted by molar-refractivity contribution is 7.22. The Kier molecular flexibility index (Phi) is 3.40. The number of benzene rings is 1. The molecule has 1 aliphatic rings. The zero-order chi connectivity index (χ0) is 15.2. The van der Waals surface area contributed by atoms with Crippen LogP contribution >= 0.6 is 11.3 Å². The molecule has 5 heteroatoms. The Bertz CT molecular complexity index is 680. The van der Waals surface area contributed by atoms with Gasteiger partial charge in [0.15, 0.2) is 5.13 Å². The largest absolute Gasteiger partial charge is 0.349 e. The van der Waals surface area contributed by atoms with Gasteiger partial charge in [-0.25, -0.2) is 4.98 Å². The van der Waals surface area contributed by atoms with E-state index in [1.54, 1.807) is 11.3 Å². The maximum atomic E-state index is 12.0. The molecule has 1 aliphatic heterocycles. The molecule has 112 valence electrons. The molecule has 0 bridgehead atoms. The van der Waals surface area contributed by atoms with E-state index >= 15 is 0 Å². The zero-order valence-corrected chi connectivity index (χ0v) is 13.8. The minimum Gasteiger partial charge on any atom is -0.349 e. The quantitative estimate of drug-likeness (QED) is 0.928. The molecule has 21 heavy (non-hydrogen) atoms. The minimum atomic E-state index is -0.326. The van der Waals surface area contributed by atoms with Gasteiger partial charge in [-0.15, -0.1) is 0 Å². The summed E-state index contributed by atoms with van der Waals surface area (Å²) in [5.41, 5.74) is 1.99. The molecule has 1 N–H and O–H groups in total. The third kappa shape index (κ3) is 2.75. The third-order valence-electron chi connectivity index (χ3n) is 3.78. The summed E-state index contributed by atoms with van der Waals surface area (Å²) >= 11 is 1.72. The van der Waals surface area contributed by atoms with Crippen LogP contribution in [-0.4, -0.2) is 30.0 Å². The van der Waals surface area contributed by atoms with Gasteiger partial charge in [0.2, 0.25) is 5.91 Å². The number of anilines is 1. The number of rotatable bonds is 2. The van der Waals surface area contributed by atoms with Crippen molar-refractivity contribution in [2.24, 2.45) is 5.41 Å². The third-order valence-corrected chi connectivity index (χ3v) is 4.86. The van der Waals surface area contributed by atoms with Gasteiger partial charge >= 0.3 is 0 Å². The van der Waals surface area contributed by atoms with Crippen LogP contribution in [0.1, 0.15) is 26.3 Å². The highest BCUT2D eigenvalue weighted by Crippen LogP contribution is 2.32. The monoisotopic (exact) mass is 303 g/mol. The van der Waals surface area contributed by atoms with Crippen molar-refractivity contribution in [1.82, 2.24) is 10.3 Å². The van der Waals surface area contributed by atoms with Crippen LogP contribution in [0.5, 0.6) is 0 Å². The SMILES string of the molecule is Cc1cccc2sc(N3CC(NC(=O)C(C)(C)C)C3)nc12. The Morgan fingerprint density at radius 1 is 1.38 bits per heavy atom. The van der Waals surface area contributed by atoms with Crippen molar-refractivity contribution in [3.63, 3.8) is 0 Å². The van der Waals surface area contributed by atoms with E-state index in [4.69, 9.17) is 4.98 Å². The molecule has 1 fully saturated rings. The van der Waals surface area contributed by atoms with Crippen LogP contribution in [0.25, 0.3) is 10.2 Å². The lowest BCUT2D eigenvalue weighted by Gasteiger charge is -2.40. The van der Waals surface area contributed by atoms with Crippen molar-refractivity contribution in [2.75, 3.05) is 18.0 Å². The second-order valence-corrected chi connectivity index (χ2v) is 7.75. The molecule has 0 unspecified atom stereocenters. The van der Waals surface area contributed by atoms with E-state index in [1.807, 2.05) is 20.8 Å². The van der Waals surface area contributed by atoms with Crippen molar-refractivity contribution in [1.29, 1.82) is 0 Å². The highest BCUT2D eigenvalue weighted by atomic mass is 32.1. The lowest BCUT2D eigenvalue weighted by Crippen LogP contribution is -2.60. The molecule has 3 rings (SSSR count). The van der Waals surface area contributed by atoms with Crippen LogP contribution in [-0.2, 0) is 4.79 Å². The van der Waals surface area contributed by atoms with E-state index < -0.39 is 0 Å². The average molecular weight is 303 g/mol. The van der Waals surface area contributed by atoms with E-state index in [0.717, 1.165) is 23.7 Å². The fourth-order valence-electron chi connectivity index (χ4n) is 2.34. The van der Waals surface area contributed by atoms with Crippen molar-refractivity contribution in [3.05, 3.63) is 23.8 Å². The number of hydrogen-bond donors (Lipinski definition) is 1.